The van der Waals surface area contributed by atoms with Crippen LogP contribution in [0.5, 0.6) is 23.0 Å². The minimum Gasteiger partial charge on any atom is -0.455 e. The molecule has 1 aliphatic carbocycles. The quantitative estimate of drug-likeness (QED) is 0.0893. The maximum Gasteiger partial charge on any atom is 0.213 e. The number of fused-ring (bicyclic) bond motifs is 16. The van der Waals surface area contributed by atoms with E-state index in [0.717, 1.165) is 55.1 Å². The largest absolute Gasteiger partial charge is 0.455 e. The van der Waals surface area contributed by atoms with Crippen molar-refractivity contribution in [3.8, 4) is 51.2 Å². The Hall–Kier alpha value is 2.92. The van der Waals surface area contributed by atoms with Gasteiger partial charge in [-0.3, -0.25) is 0 Å². The second-order valence-electron chi connectivity index (χ2n) is 25.9. The van der Waals surface area contributed by atoms with Crippen molar-refractivity contribution >= 4 is 342 Å². The molecule has 2 aliphatic heterocycles. The number of rotatable bonds is 16. The lowest BCUT2D eigenvalue weighted by Crippen LogP contribution is -2.11. The van der Waals surface area contributed by atoms with E-state index in [1.807, 2.05) is 18.2 Å². The molecule has 0 bridgehead atoms. The summed E-state index contributed by atoms with van der Waals surface area (Å²) < 4.78 is 70.7. The molecule has 0 N–H and O–H groups in total. The summed E-state index contributed by atoms with van der Waals surface area (Å²) >= 11 is 3.29. The van der Waals surface area contributed by atoms with Crippen LogP contribution in [0.4, 0.5) is 0 Å². The number of para-hydroxylation sites is 7. The molecular weight excluding hydrogens is 2110 g/mol. The highest BCUT2D eigenvalue weighted by molar-refractivity contribution is 9.44. The number of benzene rings is 12. The smallest absolute Gasteiger partial charge is 0.213 e. The lowest BCUT2D eigenvalue weighted by atomic mass is 10.1. The summed E-state index contributed by atoms with van der Waals surface area (Å²) in [6.45, 7) is -0.252. The Morgan fingerprint density at radius 1 is 0.265 bits per heavy atom. The molecule has 18 rings (SSSR count). The fraction of sp³-hybridized carbons (Fsp3) is 0.0400. The van der Waals surface area contributed by atoms with Crippen LogP contribution in [0.2, 0.25) is 0 Å². The molecule has 0 radical (unpaired) electrons. The van der Waals surface area contributed by atoms with Gasteiger partial charge in [0.15, 0.2) is 0 Å². The van der Waals surface area contributed by atoms with Crippen LogP contribution in [0.25, 0.3) is 93.6 Å². The average molecular weight is 2200 g/mol. The Balaban J connectivity index is 0.000000141. The van der Waals surface area contributed by atoms with E-state index < -0.39 is 19.7 Å². The average Bonchev–Trinajstić information content (AvgIpc) is 1.69. The molecule has 16 atom stereocenters. The zero-order chi connectivity index (χ0) is 81.2. The van der Waals surface area contributed by atoms with Crippen LogP contribution >= 0.6 is 257 Å². The van der Waals surface area contributed by atoms with Gasteiger partial charge in [-0.1, -0.05) is 176 Å². The van der Waals surface area contributed by atoms with E-state index >= 15 is 0 Å². The number of nitrogens with zero attached hydrogens (tertiary/aromatic N) is 3. The van der Waals surface area contributed by atoms with E-state index in [1.165, 1.54) is 60.5 Å². The van der Waals surface area contributed by atoms with Crippen molar-refractivity contribution in [3.63, 3.8) is 0 Å². The third-order valence-corrected chi connectivity index (χ3v) is 219. The van der Waals surface area contributed by atoms with Gasteiger partial charge in [-0.15, -0.1) is 143 Å². The molecule has 12 aromatic carbocycles. The number of aromatic nitrogens is 3. The van der Waals surface area contributed by atoms with Gasteiger partial charge in [0.25, 0.3) is 0 Å². The van der Waals surface area contributed by atoms with Crippen molar-refractivity contribution < 1.29 is 26.3 Å². The molecule has 606 valence electrons. The standard InChI is InChI=1S/C36H22N2O3S.C25H17N.C12H7BrO3S.2CH4.H32P30/c39-42(40)35-16-8-7-15-33(35)41-34-22-24(18-20-36(34)42)38-31-14-6-3-11-27(31)28-21-23(17-19-32(28)38)37-29-12-4-1-9-25(29)26-10-2-5-13-30(26)37;1-2-8-20-17(7-1)15-18-13-14-19(16-23(18)20)26-24-11-5-3-9-21(24)22-10-4-6-12-25(22)26;13-8-5-6-12-10(7-8)16-9-3-1-2-4-11(9)17(12,14)15;;;1-17(2)25(18(3)4)29(26(19(5)6)20(7)8)30(27(21(9)10)22(11)12)28(23(13)14)24(15)16/h1-22H;1-14,16H,15H2;1-7H;2*1H4;1-16H2. The Labute approximate surface area is 748 Å². The van der Waals surface area contributed by atoms with Crippen LogP contribution in [-0.4, -0.2) is 30.5 Å². The summed E-state index contributed by atoms with van der Waals surface area (Å²) in [5.41, 5.74) is 15.7. The molecule has 0 amide bonds. The Morgan fingerprint density at radius 3 is 0.966 bits per heavy atom. The zero-order valence-corrected chi connectivity index (χ0v) is 94.8. The molecule has 3 aromatic heterocycles. The molecule has 5 heterocycles. The Morgan fingerprint density at radius 2 is 0.556 bits per heavy atom. The first-order valence-corrected chi connectivity index (χ1v) is 92.1. The van der Waals surface area contributed by atoms with Gasteiger partial charge in [-0.2, -0.15) is 0 Å². The molecule has 16 unspecified atom stereocenters. The van der Waals surface area contributed by atoms with Crippen molar-refractivity contribution in [2.45, 2.75) is 40.9 Å². The van der Waals surface area contributed by atoms with E-state index in [4.69, 9.17) is 9.47 Å². The molecule has 0 fully saturated rings. The van der Waals surface area contributed by atoms with Crippen molar-refractivity contribution in [2.24, 2.45) is 0 Å². The van der Waals surface area contributed by atoms with Crippen molar-refractivity contribution in [1.29, 1.82) is 0 Å². The van der Waals surface area contributed by atoms with Gasteiger partial charge in [0, 0.05) is 59.9 Å². The molecule has 42 heteroatoms. The topological polar surface area (TPSA) is 102 Å². The second-order valence-corrected chi connectivity index (χ2v) is 152. The minimum atomic E-state index is -3.68. The number of hydrogen-bond donors (Lipinski definition) is 0. The summed E-state index contributed by atoms with van der Waals surface area (Å²) in [5, 5.41) is 7.30. The zero-order valence-electron chi connectivity index (χ0n) is 60.6. The molecular formula is C75H86BrN3O6P30S2. The van der Waals surface area contributed by atoms with Crippen LogP contribution in [0.3, 0.4) is 0 Å². The van der Waals surface area contributed by atoms with E-state index in [-0.39, 0.29) is 132 Å². The van der Waals surface area contributed by atoms with Gasteiger partial charge in [0.05, 0.1) is 33.1 Å². The van der Waals surface area contributed by atoms with Crippen molar-refractivity contribution in [2.75, 3.05) is 0 Å². The molecule has 3 aliphatic rings. The van der Waals surface area contributed by atoms with Crippen molar-refractivity contribution in [1.82, 2.24) is 13.7 Å². The number of halogens is 1. The fourth-order valence-corrected chi connectivity index (χ4v) is 416. The normalized spacial score (nSPS) is 13.6. The summed E-state index contributed by atoms with van der Waals surface area (Å²) in [4.78, 5) is 0.799. The summed E-state index contributed by atoms with van der Waals surface area (Å²) in [6, 6.07) is 88.6. The van der Waals surface area contributed by atoms with E-state index in [2.05, 4.69) is 348 Å². The maximum absolute atomic E-state index is 13.4. The first-order valence-electron chi connectivity index (χ1n) is 34.5. The van der Waals surface area contributed by atoms with Gasteiger partial charge in [-0.25, -0.2) is 16.8 Å². The van der Waals surface area contributed by atoms with Crippen LogP contribution in [0.1, 0.15) is 26.0 Å². The molecule has 15 aromatic rings. The molecule has 0 spiro atoms. The third-order valence-electron chi connectivity index (χ3n) is 19.0. The highest BCUT2D eigenvalue weighted by Crippen LogP contribution is 3.38. The molecule has 117 heavy (non-hydrogen) atoms. The lowest BCUT2D eigenvalue weighted by Gasteiger charge is -2.52. The van der Waals surface area contributed by atoms with E-state index in [1.54, 1.807) is 72.8 Å². The first-order chi connectivity index (χ1) is 55.1. The van der Waals surface area contributed by atoms with Gasteiger partial charge in [0.2, 0.25) is 19.7 Å². The number of hydrogen-bond acceptors (Lipinski definition) is 6. The SMILES string of the molecule is C.C.O=S1(=O)c2ccccc2Oc2cc(-n3c4ccccc4c4cc(-n5c6ccccc6c6ccccc65)ccc43)ccc21.O=S1(=O)c2ccccc2Oc2cc(Br)ccc21.PP(P)P(P(P)P)P(P(P(P)P)P(P)P)P(P(P(P)P)P(P)P)P(P(P)P)P(P)P.c1ccc2c(c1)Cc1ccc(-n3c4ccccc4c4ccccc43)cc1-2. The summed E-state index contributed by atoms with van der Waals surface area (Å²) in [6.07, 6.45) is 1.04. The van der Waals surface area contributed by atoms with Crippen LogP contribution in [0.15, 0.2) is 291 Å². The molecule has 0 saturated heterocycles. The minimum absolute atomic E-state index is 0. The Kier molecular flexibility index (Phi) is 35.5. The third kappa shape index (κ3) is 20.3. The second kappa shape index (κ2) is 42.6. The van der Waals surface area contributed by atoms with Crippen LogP contribution in [0, 0.1) is 0 Å². The number of ether oxygens (including phenoxy) is 2. The number of sulfone groups is 2. The van der Waals surface area contributed by atoms with Crippen molar-refractivity contribution in [3.05, 3.63) is 283 Å². The van der Waals surface area contributed by atoms with Crippen LogP contribution in [-0.2, 0) is 26.1 Å². The predicted molar refractivity (Wildman–Crippen MR) is 608 cm³/mol. The van der Waals surface area contributed by atoms with Gasteiger partial charge < -0.3 is 23.2 Å². The first kappa shape index (κ1) is 97.4. The summed E-state index contributed by atoms with van der Waals surface area (Å²) in [7, 11) is 45.5. The van der Waals surface area contributed by atoms with Gasteiger partial charge in [0.1, 0.15) is 42.6 Å². The van der Waals surface area contributed by atoms with E-state index in [9.17, 15) is 16.8 Å². The molecule has 0 saturated carbocycles. The predicted octanol–water partition coefficient (Wildman–Crippen LogP) is 37.1. The lowest BCUT2D eigenvalue weighted by molar-refractivity contribution is 0.442. The van der Waals surface area contributed by atoms with Gasteiger partial charge >= 0.3 is 0 Å². The van der Waals surface area contributed by atoms with Crippen LogP contribution < -0.4 is 9.47 Å². The monoisotopic (exact) mass is 2200 g/mol. The summed E-state index contributed by atoms with van der Waals surface area (Å²) in [5.74, 6) is 1.41. The molecule has 9 nitrogen and oxygen atoms in total. The van der Waals surface area contributed by atoms with Gasteiger partial charge in [-0.05, 0) is 242 Å². The fourth-order valence-electron chi connectivity index (χ4n) is 14.4. The van der Waals surface area contributed by atoms with E-state index in [0.29, 0.717) is 23.0 Å². The highest BCUT2D eigenvalue weighted by atomic mass is 79.9. The Bertz CT molecular complexity index is 6240. The highest BCUT2D eigenvalue weighted by Gasteiger charge is 2.51. The maximum atomic E-state index is 13.4.